The summed E-state index contributed by atoms with van der Waals surface area (Å²) in [4.78, 5) is 0.329. The van der Waals surface area contributed by atoms with Crippen LogP contribution in [0.1, 0.15) is 49.8 Å². The molecule has 0 heterocycles. The summed E-state index contributed by atoms with van der Waals surface area (Å²) in [5.74, 6) is 0. The Morgan fingerprint density at radius 3 is 2.30 bits per heavy atom. The monoisotopic (exact) mass is 298 g/mol. The number of nitrogens with two attached hydrogens (primary N) is 1. The standard InChI is InChI=1S/C15H26N2O2S/c1-6-8-13(7-2)17-20(18,19)15-11(4)9-10(3)14(16)12(15)5/h9,13,17H,6-8,16H2,1-5H3. The summed E-state index contributed by atoms with van der Waals surface area (Å²) < 4.78 is 28.0. The smallest absolute Gasteiger partial charge is 0.241 e. The number of anilines is 1. The first-order valence-electron chi connectivity index (χ1n) is 7.13. The van der Waals surface area contributed by atoms with E-state index in [1.807, 2.05) is 26.8 Å². The average Bonchev–Trinajstić information content (AvgIpc) is 2.34. The maximum atomic E-state index is 12.6. The molecule has 1 aromatic carbocycles. The van der Waals surface area contributed by atoms with Crippen molar-refractivity contribution in [3.05, 3.63) is 22.8 Å². The number of hydrogen-bond acceptors (Lipinski definition) is 3. The van der Waals surface area contributed by atoms with E-state index >= 15 is 0 Å². The van der Waals surface area contributed by atoms with Gasteiger partial charge in [0.05, 0.1) is 4.90 Å². The third-order valence-electron chi connectivity index (χ3n) is 3.68. The zero-order valence-electron chi connectivity index (χ0n) is 13.1. The quantitative estimate of drug-likeness (QED) is 0.793. The fraction of sp³-hybridized carbons (Fsp3) is 0.600. The maximum absolute atomic E-state index is 12.6. The molecule has 1 atom stereocenters. The first-order valence-corrected chi connectivity index (χ1v) is 8.61. The van der Waals surface area contributed by atoms with E-state index in [4.69, 9.17) is 5.73 Å². The number of rotatable bonds is 6. The molecule has 1 rings (SSSR count). The lowest BCUT2D eigenvalue weighted by molar-refractivity contribution is 0.512. The van der Waals surface area contributed by atoms with Gasteiger partial charge in [0.1, 0.15) is 0 Å². The zero-order valence-corrected chi connectivity index (χ0v) is 13.9. The molecule has 3 N–H and O–H groups in total. The highest BCUT2D eigenvalue weighted by Crippen LogP contribution is 2.28. The lowest BCUT2D eigenvalue weighted by Crippen LogP contribution is -2.35. The van der Waals surface area contributed by atoms with Crippen molar-refractivity contribution in [2.75, 3.05) is 5.73 Å². The Morgan fingerprint density at radius 1 is 1.20 bits per heavy atom. The van der Waals surface area contributed by atoms with Crippen molar-refractivity contribution in [2.45, 2.75) is 64.8 Å². The van der Waals surface area contributed by atoms with Crippen LogP contribution in [0, 0.1) is 20.8 Å². The molecule has 20 heavy (non-hydrogen) atoms. The summed E-state index contributed by atoms with van der Waals surface area (Å²) in [7, 11) is -3.52. The fourth-order valence-electron chi connectivity index (χ4n) is 2.57. The van der Waals surface area contributed by atoms with Crippen LogP contribution in [0.5, 0.6) is 0 Å². The number of sulfonamides is 1. The number of nitrogens with one attached hydrogen (secondary N) is 1. The number of hydrogen-bond donors (Lipinski definition) is 2. The molecule has 0 saturated carbocycles. The van der Waals surface area contributed by atoms with Gasteiger partial charge in [-0.25, -0.2) is 13.1 Å². The first kappa shape index (κ1) is 17.0. The molecular weight excluding hydrogens is 272 g/mol. The normalized spacial score (nSPS) is 13.4. The molecule has 1 unspecified atom stereocenters. The van der Waals surface area contributed by atoms with E-state index in [0.717, 1.165) is 30.4 Å². The van der Waals surface area contributed by atoms with E-state index in [2.05, 4.69) is 11.6 Å². The molecule has 0 fully saturated rings. The predicted octanol–water partition coefficient (Wildman–Crippen LogP) is 3.05. The van der Waals surface area contributed by atoms with Crippen molar-refractivity contribution >= 4 is 15.7 Å². The number of nitrogen functional groups attached to an aromatic ring is 1. The van der Waals surface area contributed by atoms with Crippen LogP contribution in [0.4, 0.5) is 5.69 Å². The highest BCUT2D eigenvalue weighted by atomic mass is 32.2. The molecule has 0 aromatic heterocycles. The molecule has 0 amide bonds. The molecule has 1 aromatic rings. The lowest BCUT2D eigenvalue weighted by Gasteiger charge is -2.20. The Hall–Kier alpha value is -1.07. The Labute approximate surface area is 122 Å². The van der Waals surface area contributed by atoms with Crippen molar-refractivity contribution in [1.82, 2.24) is 4.72 Å². The Bertz CT molecular complexity index is 580. The van der Waals surface area contributed by atoms with Crippen molar-refractivity contribution in [3.63, 3.8) is 0 Å². The van der Waals surface area contributed by atoms with Crippen molar-refractivity contribution in [3.8, 4) is 0 Å². The van der Waals surface area contributed by atoms with Crippen LogP contribution in [-0.4, -0.2) is 14.5 Å². The van der Waals surface area contributed by atoms with Gasteiger partial charge in [-0.15, -0.1) is 0 Å². The van der Waals surface area contributed by atoms with Crippen molar-refractivity contribution in [2.24, 2.45) is 0 Å². The van der Waals surface area contributed by atoms with E-state index in [0.29, 0.717) is 16.1 Å². The Morgan fingerprint density at radius 2 is 1.80 bits per heavy atom. The summed E-state index contributed by atoms with van der Waals surface area (Å²) in [5.41, 5.74) is 8.83. The topological polar surface area (TPSA) is 72.2 Å². The van der Waals surface area contributed by atoms with Gasteiger partial charge in [-0.05, 0) is 50.3 Å². The number of aryl methyl sites for hydroxylation is 2. The summed E-state index contributed by atoms with van der Waals surface area (Å²) in [5, 5.41) is 0. The van der Waals surface area contributed by atoms with Crippen molar-refractivity contribution < 1.29 is 8.42 Å². The summed E-state index contributed by atoms with van der Waals surface area (Å²) >= 11 is 0. The molecule has 5 heteroatoms. The maximum Gasteiger partial charge on any atom is 0.241 e. The van der Waals surface area contributed by atoms with Crippen LogP contribution >= 0.6 is 0 Å². The predicted molar refractivity (Wildman–Crippen MR) is 84.4 cm³/mol. The van der Waals surface area contributed by atoms with Gasteiger partial charge >= 0.3 is 0 Å². The fourth-order valence-corrected chi connectivity index (χ4v) is 4.41. The summed E-state index contributed by atoms with van der Waals surface area (Å²) in [6, 6.07) is 1.81. The first-order chi connectivity index (χ1) is 9.24. The minimum absolute atomic E-state index is 0.0219. The van der Waals surface area contributed by atoms with Crippen LogP contribution < -0.4 is 10.5 Å². The van der Waals surface area contributed by atoms with Gasteiger partial charge in [0, 0.05) is 11.7 Å². The van der Waals surface area contributed by atoms with Gasteiger partial charge in [-0.2, -0.15) is 0 Å². The highest BCUT2D eigenvalue weighted by Gasteiger charge is 2.24. The van der Waals surface area contributed by atoms with Gasteiger partial charge in [0.15, 0.2) is 0 Å². The van der Waals surface area contributed by atoms with Gasteiger partial charge in [-0.3, -0.25) is 0 Å². The lowest BCUT2D eigenvalue weighted by atomic mass is 10.1. The average molecular weight is 298 g/mol. The molecule has 0 bridgehead atoms. The van der Waals surface area contributed by atoms with Gasteiger partial charge in [-0.1, -0.05) is 26.3 Å². The third-order valence-corrected chi connectivity index (χ3v) is 5.49. The van der Waals surface area contributed by atoms with Gasteiger partial charge < -0.3 is 5.73 Å². The molecular formula is C15H26N2O2S. The molecule has 0 radical (unpaired) electrons. The van der Waals surface area contributed by atoms with Crippen LogP contribution in [-0.2, 0) is 10.0 Å². The Balaban J connectivity index is 3.26. The second kappa shape index (κ2) is 6.59. The Kier molecular flexibility index (Phi) is 5.59. The molecule has 114 valence electrons. The molecule has 0 spiro atoms. The minimum Gasteiger partial charge on any atom is -0.398 e. The van der Waals surface area contributed by atoms with E-state index in [1.54, 1.807) is 6.92 Å². The van der Waals surface area contributed by atoms with E-state index in [1.165, 1.54) is 0 Å². The van der Waals surface area contributed by atoms with E-state index < -0.39 is 10.0 Å². The summed E-state index contributed by atoms with van der Waals surface area (Å²) in [6.07, 6.45) is 2.58. The molecule has 0 aliphatic heterocycles. The van der Waals surface area contributed by atoms with Crippen molar-refractivity contribution in [1.29, 1.82) is 0 Å². The SMILES string of the molecule is CCCC(CC)NS(=O)(=O)c1c(C)cc(C)c(N)c1C. The highest BCUT2D eigenvalue weighted by molar-refractivity contribution is 7.89. The van der Waals surface area contributed by atoms with Gasteiger partial charge in [0.2, 0.25) is 10.0 Å². The van der Waals surface area contributed by atoms with E-state index in [9.17, 15) is 8.42 Å². The largest absolute Gasteiger partial charge is 0.398 e. The van der Waals surface area contributed by atoms with Crippen LogP contribution in [0.15, 0.2) is 11.0 Å². The second-order valence-corrected chi connectivity index (χ2v) is 7.04. The van der Waals surface area contributed by atoms with Gasteiger partial charge in [0.25, 0.3) is 0 Å². The van der Waals surface area contributed by atoms with E-state index in [-0.39, 0.29) is 6.04 Å². The zero-order chi connectivity index (χ0) is 15.5. The third kappa shape index (κ3) is 3.52. The molecule has 0 aliphatic carbocycles. The molecule has 0 saturated heterocycles. The molecule has 4 nitrogen and oxygen atoms in total. The van der Waals surface area contributed by atoms with Crippen LogP contribution in [0.25, 0.3) is 0 Å². The number of benzene rings is 1. The molecule has 0 aliphatic rings. The van der Waals surface area contributed by atoms with Crippen LogP contribution in [0.3, 0.4) is 0 Å². The van der Waals surface area contributed by atoms with Crippen LogP contribution in [0.2, 0.25) is 0 Å². The summed E-state index contributed by atoms with van der Waals surface area (Å²) in [6.45, 7) is 9.52. The second-order valence-electron chi connectivity index (χ2n) is 5.39. The minimum atomic E-state index is -3.52.